The fraction of sp³-hybridized carbons (Fsp3) is 0.333. The number of nitrogens with one attached hydrogen (secondary N) is 1. The summed E-state index contributed by atoms with van der Waals surface area (Å²) in [7, 11) is 0. The van der Waals surface area contributed by atoms with Gasteiger partial charge in [0.2, 0.25) is 0 Å². The lowest BCUT2D eigenvalue weighted by molar-refractivity contribution is 0.440. The summed E-state index contributed by atoms with van der Waals surface area (Å²) in [4.78, 5) is 0. The molecule has 2 atom stereocenters. The molecule has 2 aliphatic rings. The van der Waals surface area contributed by atoms with Crippen LogP contribution in [0.3, 0.4) is 0 Å². The van der Waals surface area contributed by atoms with Gasteiger partial charge in [-0.2, -0.15) is 0 Å². The first-order valence-electron chi connectivity index (χ1n) is 7.53. The smallest absolute Gasteiger partial charge is 0.0331 e. The van der Waals surface area contributed by atoms with Crippen LogP contribution in [0.4, 0.5) is 5.69 Å². The third-order valence-electron chi connectivity index (χ3n) is 4.78. The average Bonchev–Trinajstić information content (AvgIpc) is 3.04. The van der Waals surface area contributed by atoms with Gasteiger partial charge in [-0.15, -0.1) is 0 Å². The van der Waals surface area contributed by atoms with Crippen molar-refractivity contribution in [3.05, 3.63) is 64.7 Å². The van der Waals surface area contributed by atoms with Crippen molar-refractivity contribution in [1.29, 1.82) is 0 Å². The molecule has 2 nitrogen and oxygen atoms in total. The number of hydrogen-bond acceptors (Lipinski definition) is 2. The number of aryl methyl sites for hydroxylation is 2. The molecule has 0 fully saturated rings. The highest BCUT2D eigenvalue weighted by Crippen LogP contribution is 2.37. The molecule has 0 aliphatic heterocycles. The minimum atomic E-state index is 0.488. The first kappa shape index (κ1) is 12.0. The van der Waals surface area contributed by atoms with E-state index < -0.39 is 0 Å². The maximum Gasteiger partial charge on any atom is 0.0331 e. The average molecular weight is 264 g/mol. The Hall–Kier alpha value is -1.80. The highest BCUT2D eigenvalue weighted by atomic mass is 15.0. The van der Waals surface area contributed by atoms with Crippen molar-refractivity contribution >= 4 is 5.69 Å². The van der Waals surface area contributed by atoms with Crippen molar-refractivity contribution < 1.29 is 0 Å². The molecule has 2 aromatic carbocycles. The number of benzene rings is 2. The number of hydrogen-bond donors (Lipinski definition) is 2. The molecule has 3 N–H and O–H groups in total. The zero-order valence-electron chi connectivity index (χ0n) is 11.6. The largest absolute Gasteiger partial charge is 0.399 e. The monoisotopic (exact) mass is 264 g/mol. The molecule has 0 saturated heterocycles. The Morgan fingerprint density at radius 1 is 0.850 bits per heavy atom. The number of anilines is 1. The van der Waals surface area contributed by atoms with Gasteiger partial charge in [-0.3, -0.25) is 0 Å². The first-order valence-corrected chi connectivity index (χ1v) is 7.53. The van der Waals surface area contributed by atoms with Crippen LogP contribution in [0.15, 0.2) is 42.5 Å². The predicted octanol–water partition coefficient (Wildman–Crippen LogP) is 3.53. The Labute approximate surface area is 120 Å². The summed E-state index contributed by atoms with van der Waals surface area (Å²) in [6.07, 6.45) is 4.76. The van der Waals surface area contributed by atoms with Crippen LogP contribution in [0.5, 0.6) is 0 Å². The van der Waals surface area contributed by atoms with Gasteiger partial charge < -0.3 is 11.1 Å². The van der Waals surface area contributed by atoms with Gasteiger partial charge in [0.15, 0.2) is 0 Å². The lowest BCUT2D eigenvalue weighted by Gasteiger charge is -2.21. The van der Waals surface area contributed by atoms with Gasteiger partial charge in [-0.1, -0.05) is 30.3 Å². The lowest BCUT2D eigenvalue weighted by Crippen LogP contribution is -2.23. The van der Waals surface area contributed by atoms with E-state index >= 15 is 0 Å². The molecule has 2 aromatic rings. The maximum absolute atomic E-state index is 5.88. The quantitative estimate of drug-likeness (QED) is 0.814. The third kappa shape index (κ3) is 1.92. The summed E-state index contributed by atoms with van der Waals surface area (Å²) in [6.45, 7) is 0. The molecule has 0 saturated carbocycles. The maximum atomic E-state index is 5.88. The molecule has 2 unspecified atom stereocenters. The standard InChI is InChI=1S/C18H20N2/c19-14-7-8-16-13(11-14)6-10-18(16)20-17-9-5-12-3-1-2-4-15(12)17/h1-4,7-8,11,17-18,20H,5-6,9-10,19H2. The van der Waals surface area contributed by atoms with Crippen molar-refractivity contribution in [2.75, 3.05) is 5.73 Å². The summed E-state index contributed by atoms with van der Waals surface area (Å²) >= 11 is 0. The van der Waals surface area contributed by atoms with E-state index in [0.29, 0.717) is 12.1 Å². The molecule has 0 bridgehead atoms. The Morgan fingerprint density at radius 3 is 2.40 bits per heavy atom. The second-order valence-electron chi connectivity index (χ2n) is 6.01. The van der Waals surface area contributed by atoms with Gasteiger partial charge in [0.25, 0.3) is 0 Å². The van der Waals surface area contributed by atoms with Crippen LogP contribution in [0.25, 0.3) is 0 Å². The number of rotatable bonds is 2. The molecule has 2 aliphatic carbocycles. The molecule has 0 spiro atoms. The Morgan fingerprint density at radius 2 is 1.55 bits per heavy atom. The van der Waals surface area contributed by atoms with E-state index in [2.05, 4.69) is 41.7 Å². The highest BCUT2D eigenvalue weighted by Gasteiger charge is 2.28. The summed E-state index contributed by atoms with van der Waals surface area (Å²) < 4.78 is 0. The van der Waals surface area contributed by atoms with Crippen LogP contribution in [0.2, 0.25) is 0 Å². The molecule has 4 rings (SSSR count). The van der Waals surface area contributed by atoms with E-state index in [-0.39, 0.29) is 0 Å². The number of nitrogens with two attached hydrogens (primary N) is 1. The highest BCUT2D eigenvalue weighted by molar-refractivity contribution is 5.48. The van der Waals surface area contributed by atoms with Crippen molar-refractivity contribution in [2.24, 2.45) is 0 Å². The fourth-order valence-electron chi connectivity index (χ4n) is 3.78. The molecule has 20 heavy (non-hydrogen) atoms. The number of fused-ring (bicyclic) bond motifs is 2. The van der Waals surface area contributed by atoms with Gasteiger partial charge in [-0.05, 0) is 60.1 Å². The first-order chi connectivity index (χ1) is 9.81. The molecule has 102 valence electrons. The summed E-state index contributed by atoms with van der Waals surface area (Å²) in [5, 5.41) is 3.87. The molecular formula is C18H20N2. The zero-order chi connectivity index (χ0) is 13.5. The van der Waals surface area contributed by atoms with Crippen molar-refractivity contribution in [1.82, 2.24) is 5.32 Å². The Balaban J connectivity index is 1.58. The normalized spacial score (nSPS) is 23.6. The minimum absolute atomic E-state index is 0.488. The summed E-state index contributed by atoms with van der Waals surface area (Å²) in [5.41, 5.74) is 12.7. The number of nitrogen functional groups attached to an aromatic ring is 1. The van der Waals surface area contributed by atoms with Crippen LogP contribution < -0.4 is 11.1 Å². The zero-order valence-corrected chi connectivity index (χ0v) is 11.6. The minimum Gasteiger partial charge on any atom is -0.399 e. The van der Waals surface area contributed by atoms with E-state index in [0.717, 1.165) is 12.1 Å². The van der Waals surface area contributed by atoms with Crippen molar-refractivity contribution in [3.8, 4) is 0 Å². The fourth-order valence-corrected chi connectivity index (χ4v) is 3.78. The van der Waals surface area contributed by atoms with Crippen LogP contribution in [0.1, 0.15) is 47.2 Å². The summed E-state index contributed by atoms with van der Waals surface area (Å²) in [6, 6.07) is 16.2. The van der Waals surface area contributed by atoms with E-state index in [1.54, 1.807) is 0 Å². The van der Waals surface area contributed by atoms with Crippen LogP contribution in [-0.4, -0.2) is 0 Å². The van der Waals surface area contributed by atoms with Gasteiger partial charge >= 0.3 is 0 Å². The van der Waals surface area contributed by atoms with Crippen LogP contribution in [0, 0.1) is 0 Å². The lowest BCUT2D eigenvalue weighted by atomic mass is 10.0. The molecule has 0 aromatic heterocycles. The van der Waals surface area contributed by atoms with E-state index in [1.165, 1.54) is 41.5 Å². The van der Waals surface area contributed by atoms with E-state index in [1.807, 2.05) is 6.07 Å². The summed E-state index contributed by atoms with van der Waals surface area (Å²) in [5.74, 6) is 0. The second-order valence-corrected chi connectivity index (χ2v) is 6.01. The van der Waals surface area contributed by atoms with Crippen molar-refractivity contribution in [2.45, 2.75) is 37.8 Å². The van der Waals surface area contributed by atoms with E-state index in [4.69, 9.17) is 5.73 Å². The van der Waals surface area contributed by atoms with Crippen LogP contribution >= 0.6 is 0 Å². The molecule has 0 heterocycles. The van der Waals surface area contributed by atoms with E-state index in [9.17, 15) is 0 Å². The molecule has 0 amide bonds. The predicted molar refractivity (Wildman–Crippen MR) is 82.6 cm³/mol. The van der Waals surface area contributed by atoms with Gasteiger partial charge in [-0.25, -0.2) is 0 Å². The molecule has 0 radical (unpaired) electrons. The van der Waals surface area contributed by atoms with Crippen molar-refractivity contribution in [3.63, 3.8) is 0 Å². The third-order valence-corrected chi connectivity index (χ3v) is 4.78. The van der Waals surface area contributed by atoms with Gasteiger partial charge in [0.1, 0.15) is 0 Å². The second kappa shape index (κ2) is 4.64. The van der Waals surface area contributed by atoms with Gasteiger partial charge in [0, 0.05) is 17.8 Å². The molecular weight excluding hydrogens is 244 g/mol. The Kier molecular flexibility index (Phi) is 2.78. The topological polar surface area (TPSA) is 38.0 Å². The Bertz CT molecular complexity index is 648. The molecule has 2 heteroatoms. The SMILES string of the molecule is Nc1ccc2c(c1)CCC2NC1CCc2ccccc21. The van der Waals surface area contributed by atoms with Crippen LogP contribution in [-0.2, 0) is 12.8 Å². The van der Waals surface area contributed by atoms with Gasteiger partial charge in [0.05, 0.1) is 0 Å².